The van der Waals surface area contributed by atoms with E-state index in [-0.39, 0.29) is 5.91 Å². The number of carbonyl (C=O) groups is 1. The van der Waals surface area contributed by atoms with Crippen molar-refractivity contribution in [2.75, 3.05) is 5.32 Å². The average molecular weight is 282 g/mol. The van der Waals surface area contributed by atoms with Crippen molar-refractivity contribution in [2.45, 2.75) is 31.5 Å². The first kappa shape index (κ1) is 11.6. The van der Waals surface area contributed by atoms with Gasteiger partial charge in [-0.1, -0.05) is 41.9 Å². The van der Waals surface area contributed by atoms with E-state index in [1.807, 2.05) is 6.07 Å². The highest BCUT2D eigenvalue weighted by Crippen LogP contribution is 2.33. The summed E-state index contributed by atoms with van der Waals surface area (Å²) in [6, 6.07) is 6.23. The van der Waals surface area contributed by atoms with E-state index in [1.54, 1.807) is 0 Å². The van der Waals surface area contributed by atoms with Crippen molar-refractivity contribution >= 4 is 27.5 Å². The van der Waals surface area contributed by atoms with Gasteiger partial charge in [0, 0.05) is 10.5 Å². The minimum Gasteiger partial charge on any atom is -0.326 e. The van der Waals surface area contributed by atoms with E-state index >= 15 is 0 Å². The topological polar surface area (TPSA) is 29.1 Å². The third-order valence-corrected chi connectivity index (χ3v) is 3.70. The number of carbonyl (C=O) groups excluding carboxylic acids is 1. The molecule has 1 unspecified atom stereocenters. The number of alkyl halides is 1. The van der Waals surface area contributed by atoms with Crippen LogP contribution in [0.25, 0.3) is 0 Å². The summed E-state index contributed by atoms with van der Waals surface area (Å²) in [6.07, 6.45) is 1.63. The van der Waals surface area contributed by atoms with Crippen LogP contribution in [0.1, 0.15) is 36.2 Å². The van der Waals surface area contributed by atoms with Gasteiger partial charge in [0.1, 0.15) is 0 Å². The standard InChI is InChI=1S/C13H16BrNO/c1-8(2)5-11(14)9-3-4-12-10(6-9)7-13(16)15-12/h3-4,6,8,11H,5,7H2,1-2H3,(H,15,16). The summed E-state index contributed by atoms with van der Waals surface area (Å²) in [4.78, 5) is 11.6. The van der Waals surface area contributed by atoms with Crippen molar-refractivity contribution in [3.05, 3.63) is 29.3 Å². The molecule has 0 bridgehead atoms. The summed E-state index contributed by atoms with van der Waals surface area (Å²) in [5.41, 5.74) is 3.36. The van der Waals surface area contributed by atoms with Gasteiger partial charge in [-0.05, 0) is 29.5 Å². The van der Waals surface area contributed by atoms with Gasteiger partial charge < -0.3 is 5.32 Å². The zero-order valence-electron chi connectivity index (χ0n) is 9.59. The van der Waals surface area contributed by atoms with E-state index in [9.17, 15) is 4.79 Å². The van der Waals surface area contributed by atoms with Crippen molar-refractivity contribution in [3.8, 4) is 0 Å². The monoisotopic (exact) mass is 281 g/mol. The van der Waals surface area contributed by atoms with Crippen LogP contribution >= 0.6 is 15.9 Å². The van der Waals surface area contributed by atoms with Gasteiger partial charge in [0.15, 0.2) is 0 Å². The number of fused-ring (bicyclic) bond motifs is 1. The van der Waals surface area contributed by atoms with Crippen LogP contribution in [-0.2, 0) is 11.2 Å². The van der Waals surface area contributed by atoms with Crippen molar-refractivity contribution in [1.82, 2.24) is 0 Å². The molecule has 2 rings (SSSR count). The molecule has 1 aliphatic heterocycles. The molecule has 3 heteroatoms. The predicted molar refractivity (Wildman–Crippen MR) is 69.9 cm³/mol. The normalized spacial score (nSPS) is 16.1. The van der Waals surface area contributed by atoms with Crippen molar-refractivity contribution in [1.29, 1.82) is 0 Å². The Balaban J connectivity index is 2.19. The molecule has 1 atom stereocenters. The van der Waals surface area contributed by atoms with Crippen LogP contribution in [-0.4, -0.2) is 5.91 Å². The quantitative estimate of drug-likeness (QED) is 0.842. The van der Waals surface area contributed by atoms with Crippen molar-refractivity contribution < 1.29 is 4.79 Å². The maximum atomic E-state index is 11.2. The molecule has 0 aromatic heterocycles. The highest BCUT2D eigenvalue weighted by atomic mass is 79.9. The van der Waals surface area contributed by atoms with E-state index in [0.29, 0.717) is 17.2 Å². The van der Waals surface area contributed by atoms with Crippen molar-refractivity contribution in [3.63, 3.8) is 0 Å². The van der Waals surface area contributed by atoms with Gasteiger partial charge in [-0.15, -0.1) is 0 Å². The van der Waals surface area contributed by atoms with Crippen LogP contribution in [0.15, 0.2) is 18.2 Å². The maximum absolute atomic E-state index is 11.2. The van der Waals surface area contributed by atoms with E-state index in [1.165, 1.54) is 5.56 Å². The molecule has 0 fully saturated rings. The van der Waals surface area contributed by atoms with E-state index < -0.39 is 0 Å². The van der Waals surface area contributed by atoms with Gasteiger partial charge in [-0.3, -0.25) is 4.79 Å². The molecule has 1 heterocycles. The second-order valence-corrected chi connectivity index (χ2v) is 5.84. The molecular formula is C13H16BrNO. The minimum absolute atomic E-state index is 0.0992. The number of nitrogens with one attached hydrogen (secondary N) is 1. The number of benzene rings is 1. The average Bonchev–Trinajstić information content (AvgIpc) is 2.55. The van der Waals surface area contributed by atoms with Gasteiger partial charge >= 0.3 is 0 Å². The second kappa shape index (κ2) is 4.58. The fraction of sp³-hybridized carbons (Fsp3) is 0.462. The number of hydrogen-bond acceptors (Lipinski definition) is 1. The smallest absolute Gasteiger partial charge is 0.228 e. The van der Waals surface area contributed by atoms with E-state index in [0.717, 1.165) is 17.7 Å². The summed E-state index contributed by atoms with van der Waals surface area (Å²) >= 11 is 3.70. The molecule has 0 radical (unpaired) electrons. The second-order valence-electron chi connectivity index (χ2n) is 4.74. The summed E-state index contributed by atoms with van der Waals surface area (Å²) in [5.74, 6) is 0.763. The molecule has 86 valence electrons. The lowest BCUT2D eigenvalue weighted by molar-refractivity contribution is -0.115. The summed E-state index contributed by atoms with van der Waals surface area (Å²) in [5, 5.41) is 2.85. The highest BCUT2D eigenvalue weighted by Gasteiger charge is 2.19. The lowest BCUT2D eigenvalue weighted by Crippen LogP contribution is -2.03. The Labute approximate surface area is 105 Å². The van der Waals surface area contributed by atoms with Crippen LogP contribution in [0.2, 0.25) is 0 Å². The Morgan fingerprint density at radius 1 is 1.44 bits per heavy atom. The molecule has 2 nitrogen and oxygen atoms in total. The first-order valence-electron chi connectivity index (χ1n) is 5.63. The Bertz CT molecular complexity index is 414. The number of anilines is 1. The zero-order chi connectivity index (χ0) is 11.7. The third kappa shape index (κ3) is 2.46. The summed E-state index contributed by atoms with van der Waals surface area (Å²) in [7, 11) is 0. The number of halogens is 1. The molecule has 0 saturated carbocycles. The van der Waals surface area contributed by atoms with Crippen molar-refractivity contribution in [2.24, 2.45) is 5.92 Å². The van der Waals surface area contributed by atoms with Gasteiger partial charge in [0.25, 0.3) is 0 Å². The maximum Gasteiger partial charge on any atom is 0.228 e. The van der Waals surface area contributed by atoms with Gasteiger partial charge in [0.05, 0.1) is 6.42 Å². The van der Waals surface area contributed by atoms with Gasteiger partial charge in [0.2, 0.25) is 5.91 Å². The fourth-order valence-electron chi connectivity index (χ4n) is 1.99. The van der Waals surface area contributed by atoms with E-state index in [4.69, 9.17) is 0 Å². The number of amides is 1. The van der Waals surface area contributed by atoms with Crippen LogP contribution in [0.3, 0.4) is 0 Å². The van der Waals surface area contributed by atoms with Gasteiger partial charge in [-0.2, -0.15) is 0 Å². The Kier molecular flexibility index (Phi) is 3.33. The van der Waals surface area contributed by atoms with Gasteiger partial charge in [-0.25, -0.2) is 0 Å². The molecule has 0 spiro atoms. The molecule has 0 saturated heterocycles. The SMILES string of the molecule is CC(C)CC(Br)c1ccc2c(c1)CC(=O)N2. The Hall–Kier alpha value is -0.830. The summed E-state index contributed by atoms with van der Waals surface area (Å²) in [6.45, 7) is 4.43. The molecule has 1 aromatic rings. The molecule has 1 N–H and O–H groups in total. The molecule has 0 aliphatic carbocycles. The fourth-order valence-corrected chi connectivity index (χ4v) is 3.03. The minimum atomic E-state index is 0.0992. The van der Waals surface area contributed by atoms with Crippen LogP contribution in [0, 0.1) is 5.92 Å². The number of rotatable bonds is 3. The third-order valence-electron chi connectivity index (χ3n) is 2.79. The summed E-state index contributed by atoms with van der Waals surface area (Å²) < 4.78 is 0. The lowest BCUT2D eigenvalue weighted by atomic mass is 10.00. The largest absolute Gasteiger partial charge is 0.326 e. The number of hydrogen-bond donors (Lipinski definition) is 1. The Morgan fingerprint density at radius 3 is 2.88 bits per heavy atom. The van der Waals surface area contributed by atoms with Crippen LogP contribution in [0.5, 0.6) is 0 Å². The molecule has 16 heavy (non-hydrogen) atoms. The van der Waals surface area contributed by atoms with E-state index in [2.05, 4.69) is 47.2 Å². The lowest BCUT2D eigenvalue weighted by Gasteiger charge is -2.13. The van der Waals surface area contributed by atoms with Crippen LogP contribution in [0.4, 0.5) is 5.69 Å². The van der Waals surface area contributed by atoms with Crippen LogP contribution < -0.4 is 5.32 Å². The molecule has 1 aliphatic rings. The highest BCUT2D eigenvalue weighted by molar-refractivity contribution is 9.09. The molecule has 1 aromatic carbocycles. The molecular weight excluding hydrogens is 266 g/mol. The predicted octanol–water partition coefficient (Wildman–Crippen LogP) is 3.66. The molecule has 1 amide bonds. The first-order chi connectivity index (χ1) is 7.56. The Morgan fingerprint density at radius 2 is 2.19 bits per heavy atom. The first-order valence-corrected chi connectivity index (χ1v) is 6.54. The zero-order valence-corrected chi connectivity index (χ0v) is 11.2.